The van der Waals surface area contributed by atoms with Crippen LogP contribution in [0.5, 0.6) is 0 Å². The minimum Gasteiger partial charge on any atom is -0.200 e. The summed E-state index contributed by atoms with van der Waals surface area (Å²) in [4.78, 5) is 0. The molecule has 0 radical (unpaired) electrons. The number of alkyl halides is 18. The third kappa shape index (κ3) is 4.70. The highest BCUT2D eigenvalue weighted by molar-refractivity contribution is 14.1. The highest BCUT2D eigenvalue weighted by Crippen LogP contribution is 2.64. The fraction of sp³-hybridized carbons (Fsp3) is 1.00. The Morgan fingerprint density at radius 3 is 1.16 bits per heavy atom. The molecule has 32 heavy (non-hydrogen) atoms. The van der Waals surface area contributed by atoms with E-state index in [4.69, 9.17) is 0 Å². The lowest BCUT2D eigenvalue weighted by molar-refractivity contribution is -0.461. The molecule has 0 saturated heterocycles. The molecule has 1 unspecified atom stereocenters. The van der Waals surface area contributed by atoms with Gasteiger partial charge in [-0.15, -0.1) is 0 Å². The van der Waals surface area contributed by atoms with Crippen LogP contribution in [0.1, 0.15) is 32.6 Å². The van der Waals surface area contributed by atoms with Crippen LogP contribution in [-0.2, 0) is 0 Å². The second-order valence-corrected chi connectivity index (χ2v) is 8.35. The average molecular weight is 630 g/mol. The second-order valence-electron chi connectivity index (χ2n) is 6.59. The van der Waals surface area contributed by atoms with Crippen molar-refractivity contribution in [1.82, 2.24) is 0 Å². The van der Waals surface area contributed by atoms with Gasteiger partial charge in [-0.3, -0.25) is 0 Å². The molecule has 0 aromatic carbocycles. The predicted octanol–water partition coefficient (Wildman–Crippen LogP) is 8.38. The monoisotopic (exact) mass is 630 g/mol. The molecule has 0 amide bonds. The van der Waals surface area contributed by atoms with Crippen molar-refractivity contribution < 1.29 is 74.6 Å². The molecule has 0 saturated carbocycles. The Labute approximate surface area is 182 Å². The predicted molar refractivity (Wildman–Crippen MR) is 82.6 cm³/mol. The molecule has 0 nitrogen and oxygen atoms in total. The highest BCUT2D eigenvalue weighted by atomic mass is 127. The Bertz CT molecular complexity index is 636. The van der Waals surface area contributed by atoms with Gasteiger partial charge < -0.3 is 0 Å². The van der Waals surface area contributed by atoms with Crippen molar-refractivity contribution in [3.05, 3.63) is 0 Å². The average Bonchev–Trinajstić information content (AvgIpc) is 2.57. The SMILES string of the molecule is CCCCC(I)CC(F)(F)C(F)(F)C(F)(F)C(F)(F)C(F)(F)C(F)(F)C(F)(F)C(F)(F)F. The Morgan fingerprint density at radius 1 is 0.531 bits per heavy atom. The topological polar surface area (TPSA) is 0 Å². The zero-order valence-corrected chi connectivity index (χ0v) is 17.4. The maximum Gasteiger partial charge on any atom is 0.460 e. The quantitative estimate of drug-likeness (QED) is 0.122. The normalized spacial score (nSPS) is 17.0. The molecule has 0 aliphatic rings. The van der Waals surface area contributed by atoms with Crippen molar-refractivity contribution in [1.29, 1.82) is 0 Å². The van der Waals surface area contributed by atoms with E-state index in [1.807, 2.05) is 0 Å². The summed E-state index contributed by atoms with van der Waals surface area (Å²) >= 11 is 0.989. The first kappa shape index (κ1) is 31.5. The van der Waals surface area contributed by atoms with Crippen LogP contribution in [0, 0.1) is 0 Å². The molecule has 0 aliphatic heterocycles. The van der Waals surface area contributed by atoms with E-state index < -0.39 is 64.4 Å². The van der Waals surface area contributed by atoms with Gasteiger partial charge in [-0.25, -0.2) is 0 Å². The van der Waals surface area contributed by atoms with Gasteiger partial charge in [0, 0.05) is 10.3 Å². The molecule has 0 bridgehead atoms. The first-order chi connectivity index (χ1) is 13.7. The summed E-state index contributed by atoms with van der Waals surface area (Å²) in [7, 11) is 0. The fourth-order valence-electron chi connectivity index (χ4n) is 2.13. The summed E-state index contributed by atoms with van der Waals surface area (Å²) < 4.78 is 221. The minimum atomic E-state index is -8.58. The number of halogens is 18. The molecule has 0 aliphatic carbocycles. The Morgan fingerprint density at radius 2 is 0.844 bits per heavy atom. The summed E-state index contributed by atoms with van der Waals surface area (Å²) in [5.74, 6) is -55.8. The van der Waals surface area contributed by atoms with E-state index in [9.17, 15) is 74.6 Å². The van der Waals surface area contributed by atoms with E-state index in [-0.39, 0.29) is 12.8 Å². The van der Waals surface area contributed by atoms with Crippen LogP contribution in [0.2, 0.25) is 0 Å². The van der Waals surface area contributed by atoms with Crippen molar-refractivity contribution in [2.24, 2.45) is 0 Å². The van der Waals surface area contributed by atoms with Gasteiger partial charge in [-0.2, -0.15) is 74.6 Å². The summed E-state index contributed by atoms with van der Waals surface area (Å²) in [6.07, 6.45) is -10.2. The van der Waals surface area contributed by atoms with Crippen LogP contribution in [0.3, 0.4) is 0 Å². The Kier molecular flexibility index (Phi) is 8.83. The number of hydrogen-bond acceptors (Lipinski definition) is 0. The molecule has 0 spiro atoms. The Balaban J connectivity index is 6.47. The number of hydrogen-bond donors (Lipinski definition) is 0. The number of unbranched alkanes of at least 4 members (excludes halogenated alkanes) is 1. The van der Waals surface area contributed by atoms with E-state index in [0.717, 1.165) is 22.6 Å². The van der Waals surface area contributed by atoms with E-state index >= 15 is 0 Å². The van der Waals surface area contributed by atoms with Crippen LogP contribution in [-0.4, -0.2) is 51.6 Å². The molecular formula is C14H12F17I. The van der Waals surface area contributed by atoms with Crippen molar-refractivity contribution in [2.75, 3.05) is 0 Å². The molecule has 18 heteroatoms. The van der Waals surface area contributed by atoms with Crippen LogP contribution in [0.4, 0.5) is 74.6 Å². The lowest BCUT2D eigenvalue weighted by Gasteiger charge is -2.43. The molecule has 0 rings (SSSR count). The van der Waals surface area contributed by atoms with Gasteiger partial charge in [0.15, 0.2) is 0 Å². The standard InChI is InChI=1S/C14H12F17I/c1-2-3-4-6(32)5-7(15,16)8(17,18)9(19,20)10(21,22)11(23,24)12(25,26)13(27,28)14(29,30)31/h6H,2-5H2,1H3. The summed E-state index contributed by atoms with van der Waals surface area (Å²) in [6, 6.07) is 0. The summed E-state index contributed by atoms with van der Waals surface area (Å²) in [5, 5.41) is 0. The van der Waals surface area contributed by atoms with Crippen molar-refractivity contribution in [2.45, 2.75) is 84.2 Å². The smallest absolute Gasteiger partial charge is 0.200 e. The van der Waals surface area contributed by atoms with Gasteiger partial charge in [0.05, 0.1) is 0 Å². The zero-order valence-electron chi connectivity index (χ0n) is 15.2. The van der Waals surface area contributed by atoms with Gasteiger partial charge >= 0.3 is 47.6 Å². The van der Waals surface area contributed by atoms with Crippen molar-refractivity contribution in [3.8, 4) is 0 Å². The Hall–Kier alpha value is -0.460. The van der Waals surface area contributed by atoms with Gasteiger partial charge in [0.1, 0.15) is 0 Å². The van der Waals surface area contributed by atoms with E-state index in [1.165, 1.54) is 6.92 Å². The molecule has 0 N–H and O–H groups in total. The van der Waals surface area contributed by atoms with E-state index in [2.05, 4.69) is 0 Å². The summed E-state index contributed by atoms with van der Waals surface area (Å²) in [6.45, 7) is 1.46. The lowest BCUT2D eigenvalue weighted by atomic mass is 9.87. The molecule has 0 heterocycles. The third-order valence-corrected chi connectivity index (χ3v) is 5.20. The fourth-order valence-corrected chi connectivity index (χ4v) is 3.12. The minimum absolute atomic E-state index is 0.0264. The third-order valence-electron chi connectivity index (χ3n) is 4.14. The zero-order chi connectivity index (χ0) is 26.4. The van der Waals surface area contributed by atoms with Crippen LogP contribution < -0.4 is 0 Å². The van der Waals surface area contributed by atoms with Gasteiger partial charge in [-0.1, -0.05) is 42.4 Å². The highest BCUT2D eigenvalue weighted by Gasteiger charge is 2.95. The molecule has 194 valence electrons. The maximum atomic E-state index is 13.7. The van der Waals surface area contributed by atoms with Crippen LogP contribution in [0.15, 0.2) is 0 Å². The van der Waals surface area contributed by atoms with Crippen molar-refractivity contribution in [3.63, 3.8) is 0 Å². The first-order valence-corrected chi connectivity index (χ1v) is 9.30. The van der Waals surface area contributed by atoms with Gasteiger partial charge in [-0.05, 0) is 6.42 Å². The van der Waals surface area contributed by atoms with Crippen LogP contribution >= 0.6 is 22.6 Å². The summed E-state index contributed by atoms with van der Waals surface area (Å²) in [5.41, 5.74) is 0. The largest absolute Gasteiger partial charge is 0.460 e. The van der Waals surface area contributed by atoms with E-state index in [0.29, 0.717) is 0 Å². The molecule has 0 aromatic rings. The molecular weight excluding hydrogens is 618 g/mol. The molecule has 0 fully saturated rings. The first-order valence-electron chi connectivity index (χ1n) is 8.06. The van der Waals surface area contributed by atoms with Crippen LogP contribution in [0.25, 0.3) is 0 Å². The second kappa shape index (κ2) is 8.96. The number of rotatable bonds is 11. The van der Waals surface area contributed by atoms with Gasteiger partial charge in [0.2, 0.25) is 0 Å². The lowest BCUT2D eigenvalue weighted by Crippen LogP contribution is -2.74. The molecule has 1 atom stereocenters. The van der Waals surface area contributed by atoms with Crippen molar-refractivity contribution >= 4 is 22.6 Å². The van der Waals surface area contributed by atoms with Gasteiger partial charge in [0.25, 0.3) is 0 Å². The molecule has 0 aromatic heterocycles. The maximum absolute atomic E-state index is 13.7. The van der Waals surface area contributed by atoms with E-state index in [1.54, 1.807) is 0 Å².